The van der Waals surface area contributed by atoms with Crippen LogP contribution < -0.4 is 10.1 Å². The SMILES string of the molecule is COc1ccc(NC(=O)N2CCC[C@@H](C(F)(F)F)C2)cc1. The molecule has 21 heavy (non-hydrogen) atoms. The van der Waals surface area contributed by atoms with E-state index in [0.29, 0.717) is 24.4 Å². The smallest absolute Gasteiger partial charge is 0.393 e. The molecule has 0 saturated carbocycles. The molecule has 1 aromatic carbocycles. The Kier molecular flexibility index (Phi) is 4.59. The molecular weight excluding hydrogens is 285 g/mol. The Morgan fingerprint density at radius 1 is 1.33 bits per heavy atom. The lowest BCUT2D eigenvalue weighted by molar-refractivity contribution is -0.183. The van der Waals surface area contributed by atoms with E-state index in [2.05, 4.69) is 5.32 Å². The van der Waals surface area contributed by atoms with Crippen LogP contribution in [-0.2, 0) is 0 Å². The van der Waals surface area contributed by atoms with Crippen molar-refractivity contribution in [1.29, 1.82) is 0 Å². The summed E-state index contributed by atoms with van der Waals surface area (Å²) in [6.45, 7) is 0.0556. The van der Waals surface area contributed by atoms with Crippen molar-refractivity contribution >= 4 is 11.7 Å². The molecule has 2 rings (SSSR count). The van der Waals surface area contributed by atoms with Gasteiger partial charge in [-0.25, -0.2) is 4.79 Å². The maximum atomic E-state index is 12.7. The number of carbonyl (C=O) groups is 1. The average molecular weight is 302 g/mol. The molecule has 0 spiro atoms. The fourth-order valence-electron chi connectivity index (χ4n) is 2.31. The Bertz CT molecular complexity index is 488. The van der Waals surface area contributed by atoms with Crippen LogP contribution in [0.15, 0.2) is 24.3 Å². The molecule has 2 amide bonds. The summed E-state index contributed by atoms with van der Waals surface area (Å²) in [5.74, 6) is -0.795. The molecule has 0 radical (unpaired) electrons. The van der Waals surface area contributed by atoms with Crippen LogP contribution in [0.1, 0.15) is 12.8 Å². The van der Waals surface area contributed by atoms with E-state index < -0.39 is 18.1 Å². The summed E-state index contributed by atoms with van der Waals surface area (Å²) in [7, 11) is 1.53. The van der Waals surface area contributed by atoms with Gasteiger partial charge >= 0.3 is 12.2 Å². The summed E-state index contributed by atoms with van der Waals surface area (Å²) in [6.07, 6.45) is -3.81. The van der Waals surface area contributed by atoms with Gasteiger partial charge in [0.25, 0.3) is 0 Å². The minimum atomic E-state index is -4.25. The van der Waals surface area contributed by atoms with E-state index in [4.69, 9.17) is 4.74 Å². The highest BCUT2D eigenvalue weighted by atomic mass is 19.4. The van der Waals surface area contributed by atoms with Crippen molar-refractivity contribution in [2.45, 2.75) is 19.0 Å². The van der Waals surface area contributed by atoms with Crippen molar-refractivity contribution in [2.75, 3.05) is 25.5 Å². The maximum absolute atomic E-state index is 12.7. The van der Waals surface area contributed by atoms with E-state index in [-0.39, 0.29) is 13.0 Å². The second kappa shape index (κ2) is 6.24. The molecule has 0 aromatic heterocycles. The number of amides is 2. The van der Waals surface area contributed by atoms with Gasteiger partial charge in [0.05, 0.1) is 13.0 Å². The third-order valence-electron chi connectivity index (χ3n) is 3.51. The normalized spacial score (nSPS) is 19.2. The molecule has 1 aromatic rings. The number of likely N-dealkylation sites (tertiary alicyclic amines) is 1. The number of nitrogens with one attached hydrogen (secondary N) is 1. The van der Waals surface area contributed by atoms with Crippen LogP contribution in [-0.4, -0.2) is 37.3 Å². The maximum Gasteiger partial charge on any atom is 0.393 e. The van der Waals surface area contributed by atoms with E-state index in [1.165, 1.54) is 12.0 Å². The molecule has 0 unspecified atom stereocenters. The number of nitrogens with zero attached hydrogens (tertiary/aromatic N) is 1. The third kappa shape index (κ3) is 4.03. The van der Waals surface area contributed by atoms with Gasteiger partial charge in [0.2, 0.25) is 0 Å². The van der Waals surface area contributed by atoms with E-state index in [1.54, 1.807) is 24.3 Å². The number of rotatable bonds is 2. The van der Waals surface area contributed by atoms with Crippen molar-refractivity contribution < 1.29 is 22.7 Å². The fourth-order valence-corrected chi connectivity index (χ4v) is 2.31. The number of hydrogen-bond donors (Lipinski definition) is 1. The zero-order chi connectivity index (χ0) is 15.5. The molecule has 1 aliphatic heterocycles. The molecule has 7 heteroatoms. The Morgan fingerprint density at radius 3 is 2.57 bits per heavy atom. The molecule has 1 atom stereocenters. The van der Waals surface area contributed by atoms with Gasteiger partial charge < -0.3 is 15.0 Å². The Balaban J connectivity index is 1.96. The predicted molar refractivity (Wildman–Crippen MR) is 72.4 cm³/mol. The fraction of sp³-hybridized carbons (Fsp3) is 0.500. The van der Waals surface area contributed by atoms with Gasteiger partial charge in [-0.15, -0.1) is 0 Å². The van der Waals surface area contributed by atoms with Gasteiger partial charge in [-0.3, -0.25) is 0 Å². The summed E-state index contributed by atoms with van der Waals surface area (Å²) in [6, 6.07) is 6.12. The van der Waals surface area contributed by atoms with Crippen LogP contribution in [0.2, 0.25) is 0 Å². The van der Waals surface area contributed by atoms with Crippen LogP contribution in [0.25, 0.3) is 0 Å². The summed E-state index contributed by atoms with van der Waals surface area (Å²) in [5.41, 5.74) is 0.523. The average Bonchev–Trinajstić information content (AvgIpc) is 2.47. The van der Waals surface area contributed by atoms with E-state index in [0.717, 1.165) is 0 Å². The van der Waals surface area contributed by atoms with Crippen LogP contribution >= 0.6 is 0 Å². The molecule has 1 heterocycles. The van der Waals surface area contributed by atoms with Gasteiger partial charge in [0, 0.05) is 18.8 Å². The number of halogens is 3. The lowest BCUT2D eigenvalue weighted by Gasteiger charge is -2.33. The molecule has 4 nitrogen and oxygen atoms in total. The quantitative estimate of drug-likeness (QED) is 0.908. The van der Waals surface area contributed by atoms with Gasteiger partial charge in [0.15, 0.2) is 0 Å². The molecule has 0 aliphatic carbocycles. The zero-order valence-corrected chi connectivity index (χ0v) is 11.6. The number of hydrogen-bond acceptors (Lipinski definition) is 2. The first-order valence-corrected chi connectivity index (χ1v) is 6.67. The molecule has 1 saturated heterocycles. The lowest BCUT2D eigenvalue weighted by atomic mass is 9.98. The first-order chi connectivity index (χ1) is 9.90. The monoisotopic (exact) mass is 302 g/mol. The van der Waals surface area contributed by atoms with Crippen molar-refractivity contribution in [3.63, 3.8) is 0 Å². The molecule has 0 bridgehead atoms. The highest BCUT2D eigenvalue weighted by molar-refractivity contribution is 5.89. The van der Waals surface area contributed by atoms with Gasteiger partial charge in [-0.05, 0) is 37.1 Å². The second-order valence-electron chi connectivity index (χ2n) is 4.99. The van der Waals surface area contributed by atoms with Gasteiger partial charge in [0.1, 0.15) is 5.75 Å². The highest BCUT2D eigenvalue weighted by Gasteiger charge is 2.42. The molecule has 1 aliphatic rings. The first kappa shape index (κ1) is 15.5. The van der Waals surface area contributed by atoms with Crippen LogP contribution in [0.4, 0.5) is 23.7 Å². The lowest BCUT2D eigenvalue weighted by Crippen LogP contribution is -2.46. The van der Waals surface area contributed by atoms with E-state index in [9.17, 15) is 18.0 Å². The molecule has 1 fully saturated rings. The molecule has 1 N–H and O–H groups in total. The predicted octanol–water partition coefficient (Wildman–Crippen LogP) is 3.50. The highest BCUT2D eigenvalue weighted by Crippen LogP contribution is 2.33. The van der Waals surface area contributed by atoms with Crippen molar-refractivity contribution in [1.82, 2.24) is 4.90 Å². The number of benzene rings is 1. The molecule has 116 valence electrons. The van der Waals surface area contributed by atoms with Gasteiger partial charge in [-0.1, -0.05) is 0 Å². The number of piperidine rings is 1. The second-order valence-corrected chi connectivity index (χ2v) is 4.99. The minimum absolute atomic E-state index is 0.0792. The largest absolute Gasteiger partial charge is 0.497 e. The minimum Gasteiger partial charge on any atom is -0.497 e. The zero-order valence-electron chi connectivity index (χ0n) is 11.6. The van der Waals surface area contributed by atoms with E-state index >= 15 is 0 Å². The molecular formula is C14H17F3N2O2. The van der Waals surface area contributed by atoms with Crippen molar-refractivity contribution in [3.8, 4) is 5.75 Å². The first-order valence-electron chi connectivity index (χ1n) is 6.67. The van der Waals surface area contributed by atoms with E-state index in [1.807, 2.05) is 0 Å². The third-order valence-corrected chi connectivity index (χ3v) is 3.51. The van der Waals surface area contributed by atoms with Crippen molar-refractivity contribution in [3.05, 3.63) is 24.3 Å². The topological polar surface area (TPSA) is 41.6 Å². The Morgan fingerprint density at radius 2 is 2.00 bits per heavy atom. The standard InChI is InChI=1S/C14H17F3N2O2/c1-21-12-6-4-11(5-7-12)18-13(20)19-8-2-3-10(9-19)14(15,16)17/h4-7,10H,2-3,8-9H2,1H3,(H,18,20)/t10-/m1/s1. The number of anilines is 1. The van der Waals surface area contributed by atoms with Crippen molar-refractivity contribution in [2.24, 2.45) is 5.92 Å². The van der Waals surface area contributed by atoms with Crippen LogP contribution in [0, 0.1) is 5.92 Å². The Hall–Kier alpha value is -1.92. The van der Waals surface area contributed by atoms with Gasteiger partial charge in [-0.2, -0.15) is 13.2 Å². The number of alkyl halides is 3. The van der Waals surface area contributed by atoms with Crippen LogP contribution in [0.5, 0.6) is 5.75 Å². The summed E-state index contributed by atoms with van der Waals surface area (Å²) >= 11 is 0. The Labute approximate surface area is 120 Å². The summed E-state index contributed by atoms with van der Waals surface area (Å²) in [5, 5.41) is 2.60. The number of urea groups is 1. The number of carbonyl (C=O) groups excluding carboxylic acids is 1. The van der Waals surface area contributed by atoms with Crippen LogP contribution in [0.3, 0.4) is 0 Å². The number of methoxy groups -OCH3 is 1. The number of ether oxygens (including phenoxy) is 1. The summed E-state index contributed by atoms with van der Waals surface area (Å²) in [4.78, 5) is 13.2. The summed E-state index contributed by atoms with van der Waals surface area (Å²) < 4.78 is 43.1.